The molecule has 1 heterocycles. The molecule has 8 heteroatoms. The van der Waals surface area contributed by atoms with Crippen molar-refractivity contribution in [3.63, 3.8) is 0 Å². The van der Waals surface area contributed by atoms with Gasteiger partial charge in [0.2, 0.25) is 0 Å². The number of ether oxygens (including phenoxy) is 2. The predicted octanol–water partition coefficient (Wildman–Crippen LogP) is 2.31. The Kier molecular flexibility index (Phi) is 5.48. The number of rotatable bonds is 6. The Morgan fingerprint density at radius 1 is 1.36 bits per heavy atom. The van der Waals surface area contributed by atoms with Gasteiger partial charge in [-0.3, -0.25) is 0 Å². The molecule has 2 rings (SSSR count). The number of carbonyl (C=O) groups is 1. The highest BCUT2D eigenvalue weighted by atomic mass is 79.9. The number of nitrogens with zero attached hydrogens (tertiary/aromatic N) is 4. The standard InChI is InChI=1S/C14H17BrN4O3/c1-4-21-14(20)11-5-6-12(15)13(9(11)2)22-8-7-19-10(3)16-17-18-19/h5-6H,4,7-8H2,1-3H3. The third-order valence-corrected chi connectivity index (χ3v) is 3.74. The number of halogens is 1. The number of carbonyl (C=O) groups excluding carboxylic acids is 1. The van der Waals surface area contributed by atoms with Gasteiger partial charge in [0.05, 0.1) is 23.2 Å². The van der Waals surface area contributed by atoms with Crippen LogP contribution in [0.3, 0.4) is 0 Å². The van der Waals surface area contributed by atoms with Crippen LogP contribution < -0.4 is 4.74 Å². The van der Waals surface area contributed by atoms with Gasteiger partial charge in [-0.1, -0.05) is 0 Å². The Bertz CT molecular complexity index is 672. The fraction of sp³-hybridized carbons (Fsp3) is 0.429. The van der Waals surface area contributed by atoms with Crippen LogP contribution in [0.25, 0.3) is 0 Å². The summed E-state index contributed by atoms with van der Waals surface area (Å²) in [6, 6.07) is 3.49. The maximum Gasteiger partial charge on any atom is 0.338 e. The summed E-state index contributed by atoms with van der Waals surface area (Å²) in [6.07, 6.45) is 0. The van der Waals surface area contributed by atoms with Gasteiger partial charge in [-0.15, -0.1) is 5.10 Å². The molecule has 1 aromatic carbocycles. The molecule has 22 heavy (non-hydrogen) atoms. The van der Waals surface area contributed by atoms with Crippen LogP contribution in [0, 0.1) is 13.8 Å². The summed E-state index contributed by atoms with van der Waals surface area (Å²) in [7, 11) is 0. The van der Waals surface area contributed by atoms with Crippen LogP contribution in [0.2, 0.25) is 0 Å². The molecular weight excluding hydrogens is 352 g/mol. The second-order valence-electron chi connectivity index (χ2n) is 4.57. The number of aromatic nitrogens is 4. The molecule has 0 atom stereocenters. The molecule has 0 amide bonds. The quantitative estimate of drug-likeness (QED) is 0.727. The van der Waals surface area contributed by atoms with Gasteiger partial charge < -0.3 is 9.47 Å². The summed E-state index contributed by atoms with van der Waals surface area (Å²) in [5.41, 5.74) is 1.24. The van der Waals surface area contributed by atoms with Gasteiger partial charge in [-0.05, 0) is 59.3 Å². The molecule has 7 nitrogen and oxygen atoms in total. The first-order valence-corrected chi connectivity index (χ1v) is 7.65. The normalized spacial score (nSPS) is 10.5. The minimum absolute atomic E-state index is 0.336. The van der Waals surface area contributed by atoms with E-state index in [0.717, 1.165) is 15.9 Å². The molecule has 0 radical (unpaired) electrons. The third-order valence-electron chi connectivity index (χ3n) is 3.11. The van der Waals surface area contributed by atoms with Gasteiger partial charge in [-0.25, -0.2) is 9.48 Å². The number of hydrogen-bond acceptors (Lipinski definition) is 6. The molecule has 1 aromatic heterocycles. The van der Waals surface area contributed by atoms with Gasteiger partial charge in [0, 0.05) is 5.56 Å². The fourth-order valence-electron chi connectivity index (χ4n) is 1.96. The molecule has 0 N–H and O–H groups in total. The molecule has 118 valence electrons. The van der Waals surface area contributed by atoms with E-state index in [1.54, 1.807) is 23.7 Å². The largest absolute Gasteiger partial charge is 0.490 e. The summed E-state index contributed by atoms with van der Waals surface area (Å²) in [5, 5.41) is 11.2. The minimum Gasteiger partial charge on any atom is -0.490 e. The van der Waals surface area contributed by atoms with E-state index in [-0.39, 0.29) is 5.97 Å². The monoisotopic (exact) mass is 368 g/mol. The molecule has 0 saturated heterocycles. The smallest absolute Gasteiger partial charge is 0.338 e. The van der Waals surface area contributed by atoms with Crippen molar-refractivity contribution in [3.8, 4) is 5.75 Å². The Morgan fingerprint density at radius 3 is 2.77 bits per heavy atom. The van der Waals surface area contributed by atoms with E-state index < -0.39 is 0 Å². The molecule has 0 spiro atoms. The van der Waals surface area contributed by atoms with Crippen LogP contribution in [-0.2, 0) is 11.3 Å². The number of aryl methyl sites for hydroxylation is 1. The van der Waals surface area contributed by atoms with Crippen LogP contribution in [0.15, 0.2) is 16.6 Å². The number of tetrazole rings is 1. The van der Waals surface area contributed by atoms with Crippen molar-refractivity contribution >= 4 is 21.9 Å². The average Bonchev–Trinajstić information content (AvgIpc) is 2.88. The zero-order valence-electron chi connectivity index (χ0n) is 12.7. The zero-order chi connectivity index (χ0) is 16.1. The van der Waals surface area contributed by atoms with Gasteiger partial charge in [0.15, 0.2) is 0 Å². The molecule has 0 aliphatic carbocycles. The third kappa shape index (κ3) is 3.62. The van der Waals surface area contributed by atoms with Crippen LogP contribution in [0.1, 0.15) is 28.7 Å². The zero-order valence-corrected chi connectivity index (χ0v) is 14.3. The lowest BCUT2D eigenvalue weighted by molar-refractivity contribution is 0.0525. The Hall–Kier alpha value is -1.96. The van der Waals surface area contributed by atoms with E-state index in [2.05, 4.69) is 31.5 Å². The Morgan fingerprint density at radius 2 is 2.14 bits per heavy atom. The number of hydrogen-bond donors (Lipinski definition) is 0. The van der Waals surface area contributed by atoms with Crippen LogP contribution in [0.5, 0.6) is 5.75 Å². The maximum absolute atomic E-state index is 11.9. The number of benzene rings is 1. The second-order valence-corrected chi connectivity index (χ2v) is 5.42. The highest BCUT2D eigenvalue weighted by Crippen LogP contribution is 2.31. The van der Waals surface area contributed by atoms with Crippen LogP contribution >= 0.6 is 15.9 Å². The predicted molar refractivity (Wildman–Crippen MR) is 82.9 cm³/mol. The SMILES string of the molecule is CCOC(=O)c1ccc(Br)c(OCCn2nnnc2C)c1C. The molecule has 2 aromatic rings. The van der Waals surface area contributed by atoms with Gasteiger partial charge in [0.1, 0.15) is 18.2 Å². The summed E-state index contributed by atoms with van der Waals surface area (Å²) in [6.45, 7) is 6.67. The summed E-state index contributed by atoms with van der Waals surface area (Å²) in [4.78, 5) is 11.9. The summed E-state index contributed by atoms with van der Waals surface area (Å²) < 4.78 is 13.3. The number of esters is 1. The molecule has 0 aliphatic rings. The lowest BCUT2D eigenvalue weighted by Crippen LogP contribution is -2.13. The van der Waals surface area contributed by atoms with E-state index in [1.807, 2.05) is 13.8 Å². The van der Waals surface area contributed by atoms with Crippen LogP contribution in [0.4, 0.5) is 0 Å². The average molecular weight is 369 g/mol. The van der Waals surface area contributed by atoms with Crippen molar-refractivity contribution in [3.05, 3.63) is 33.6 Å². The first-order chi connectivity index (χ1) is 10.5. The molecule has 0 bridgehead atoms. The fourth-order valence-corrected chi connectivity index (χ4v) is 2.50. The van der Waals surface area contributed by atoms with Crippen molar-refractivity contribution in [2.75, 3.05) is 13.2 Å². The van der Waals surface area contributed by atoms with Crippen molar-refractivity contribution in [1.29, 1.82) is 0 Å². The van der Waals surface area contributed by atoms with E-state index in [0.29, 0.717) is 31.1 Å². The Labute approximate surface area is 136 Å². The summed E-state index contributed by atoms with van der Waals surface area (Å²) in [5.74, 6) is 0.990. The molecular formula is C14H17BrN4O3. The first kappa shape index (κ1) is 16.4. The highest BCUT2D eigenvalue weighted by molar-refractivity contribution is 9.10. The van der Waals surface area contributed by atoms with E-state index in [4.69, 9.17) is 9.47 Å². The minimum atomic E-state index is -0.353. The topological polar surface area (TPSA) is 79.1 Å². The van der Waals surface area contributed by atoms with Crippen molar-refractivity contribution in [1.82, 2.24) is 20.2 Å². The molecule has 0 fully saturated rings. The second kappa shape index (κ2) is 7.35. The summed E-state index contributed by atoms with van der Waals surface area (Å²) >= 11 is 3.44. The maximum atomic E-state index is 11.9. The van der Waals surface area contributed by atoms with E-state index in [9.17, 15) is 4.79 Å². The lowest BCUT2D eigenvalue weighted by atomic mass is 10.1. The van der Waals surface area contributed by atoms with E-state index >= 15 is 0 Å². The Balaban J connectivity index is 2.11. The van der Waals surface area contributed by atoms with Gasteiger partial charge in [-0.2, -0.15) is 0 Å². The van der Waals surface area contributed by atoms with Gasteiger partial charge >= 0.3 is 5.97 Å². The van der Waals surface area contributed by atoms with E-state index in [1.165, 1.54) is 0 Å². The molecule has 0 unspecified atom stereocenters. The van der Waals surface area contributed by atoms with Crippen molar-refractivity contribution in [2.24, 2.45) is 0 Å². The van der Waals surface area contributed by atoms with Crippen molar-refractivity contribution in [2.45, 2.75) is 27.3 Å². The molecule has 0 aliphatic heterocycles. The van der Waals surface area contributed by atoms with Gasteiger partial charge in [0.25, 0.3) is 0 Å². The van der Waals surface area contributed by atoms with Crippen molar-refractivity contribution < 1.29 is 14.3 Å². The highest BCUT2D eigenvalue weighted by Gasteiger charge is 2.16. The first-order valence-electron chi connectivity index (χ1n) is 6.86. The van der Waals surface area contributed by atoms with Crippen LogP contribution in [-0.4, -0.2) is 39.4 Å². The lowest BCUT2D eigenvalue weighted by Gasteiger charge is -2.14. The molecule has 0 saturated carbocycles.